The fourth-order valence-electron chi connectivity index (χ4n) is 2.24. The molecule has 0 atom stereocenters. The van der Waals surface area contributed by atoms with Gasteiger partial charge < -0.3 is 4.42 Å². The molecule has 24 heavy (non-hydrogen) atoms. The quantitative estimate of drug-likeness (QED) is 0.597. The van der Waals surface area contributed by atoms with Crippen LogP contribution in [-0.2, 0) is 6.42 Å². The van der Waals surface area contributed by atoms with Crippen LogP contribution in [0.4, 0.5) is 5.13 Å². The molecule has 4 nitrogen and oxygen atoms in total. The number of halogens is 2. The van der Waals surface area contributed by atoms with E-state index >= 15 is 0 Å². The second kappa shape index (κ2) is 7.38. The molecule has 0 aliphatic rings. The molecule has 0 aliphatic carbocycles. The molecular formula is C17H14Cl2N2O2S. The second-order valence-electron chi connectivity index (χ2n) is 5.10. The van der Waals surface area contributed by atoms with E-state index in [1.54, 1.807) is 24.3 Å². The second-order valence-corrected chi connectivity index (χ2v) is 7.00. The highest BCUT2D eigenvalue weighted by atomic mass is 35.5. The molecule has 0 bridgehead atoms. The van der Waals surface area contributed by atoms with Gasteiger partial charge >= 0.3 is 0 Å². The van der Waals surface area contributed by atoms with Crippen LogP contribution in [0.3, 0.4) is 0 Å². The highest BCUT2D eigenvalue weighted by Crippen LogP contribution is 2.35. The first kappa shape index (κ1) is 17.0. The number of nitrogens with zero attached hydrogens (tertiary/aromatic N) is 1. The zero-order chi connectivity index (χ0) is 17.1. The van der Waals surface area contributed by atoms with E-state index in [4.69, 9.17) is 27.6 Å². The summed E-state index contributed by atoms with van der Waals surface area (Å²) in [6, 6.07) is 8.68. The topological polar surface area (TPSA) is 55.1 Å². The van der Waals surface area contributed by atoms with Gasteiger partial charge in [-0.3, -0.25) is 10.1 Å². The Kier molecular flexibility index (Phi) is 5.23. The predicted octanol–water partition coefficient (Wildman–Crippen LogP) is 5.91. The number of carbonyl (C=O) groups is 1. The van der Waals surface area contributed by atoms with E-state index in [1.807, 2.05) is 6.07 Å². The van der Waals surface area contributed by atoms with Crippen LogP contribution in [0.15, 0.2) is 41.0 Å². The lowest BCUT2D eigenvalue weighted by Gasteiger charge is -2.03. The minimum absolute atomic E-state index is 0.248. The van der Waals surface area contributed by atoms with Crippen LogP contribution in [0.5, 0.6) is 0 Å². The van der Waals surface area contributed by atoms with Gasteiger partial charge in [-0.1, -0.05) is 42.6 Å². The largest absolute Gasteiger partial charge is 0.459 e. The number of thiazole rings is 1. The molecule has 2 heterocycles. The van der Waals surface area contributed by atoms with Gasteiger partial charge in [0.15, 0.2) is 10.9 Å². The highest BCUT2D eigenvalue weighted by molar-refractivity contribution is 7.16. The summed E-state index contributed by atoms with van der Waals surface area (Å²) >= 11 is 13.6. The van der Waals surface area contributed by atoms with E-state index < -0.39 is 0 Å². The molecule has 0 saturated heterocycles. The van der Waals surface area contributed by atoms with Crippen molar-refractivity contribution in [1.29, 1.82) is 0 Å². The standard InChI is InChI=1S/C17H14Cl2N2O2S/c1-2-4-14-15(10-6-7-11(18)12(19)9-10)20-17(24-14)21-16(22)13-5-3-8-23-13/h3,5-9H,2,4H2,1H3,(H,20,21,22). The Hall–Kier alpha value is -1.82. The molecule has 124 valence electrons. The molecule has 1 N–H and O–H groups in total. The van der Waals surface area contributed by atoms with Crippen LogP contribution < -0.4 is 5.32 Å². The minimum atomic E-state index is -0.322. The molecule has 0 aliphatic heterocycles. The van der Waals surface area contributed by atoms with E-state index in [0.29, 0.717) is 15.2 Å². The molecule has 3 rings (SSSR count). The number of aryl methyl sites for hydroxylation is 1. The van der Waals surface area contributed by atoms with Crippen molar-refractivity contribution in [2.24, 2.45) is 0 Å². The van der Waals surface area contributed by atoms with Gasteiger partial charge in [-0.15, -0.1) is 11.3 Å². The van der Waals surface area contributed by atoms with Crippen LogP contribution in [0.2, 0.25) is 10.0 Å². The smallest absolute Gasteiger partial charge is 0.293 e. The fourth-order valence-corrected chi connectivity index (χ4v) is 3.62. The van der Waals surface area contributed by atoms with Crippen molar-refractivity contribution in [2.75, 3.05) is 5.32 Å². The lowest BCUT2D eigenvalue weighted by Crippen LogP contribution is -2.10. The van der Waals surface area contributed by atoms with E-state index in [9.17, 15) is 4.79 Å². The van der Waals surface area contributed by atoms with Gasteiger partial charge in [-0.2, -0.15) is 0 Å². The summed E-state index contributed by atoms with van der Waals surface area (Å²) in [4.78, 5) is 17.8. The molecule has 1 amide bonds. The number of anilines is 1. The Morgan fingerprint density at radius 1 is 1.29 bits per heavy atom. The van der Waals surface area contributed by atoms with Crippen LogP contribution in [0.1, 0.15) is 28.8 Å². The van der Waals surface area contributed by atoms with E-state index in [-0.39, 0.29) is 11.7 Å². The van der Waals surface area contributed by atoms with Gasteiger partial charge in [-0.05, 0) is 30.7 Å². The van der Waals surface area contributed by atoms with Crippen LogP contribution in [0, 0.1) is 0 Å². The highest BCUT2D eigenvalue weighted by Gasteiger charge is 2.17. The molecule has 0 saturated carbocycles. The predicted molar refractivity (Wildman–Crippen MR) is 98.2 cm³/mol. The summed E-state index contributed by atoms with van der Waals surface area (Å²) < 4.78 is 5.10. The first-order valence-electron chi connectivity index (χ1n) is 7.38. The lowest BCUT2D eigenvalue weighted by atomic mass is 10.1. The molecule has 0 radical (unpaired) electrons. The van der Waals surface area contributed by atoms with Crippen molar-refractivity contribution in [3.8, 4) is 11.3 Å². The minimum Gasteiger partial charge on any atom is -0.459 e. The third kappa shape index (κ3) is 3.64. The first-order valence-corrected chi connectivity index (χ1v) is 8.95. The molecule has 0 unspecified atom stereocenters. The van der Waals surface area contributed by atoms with Crippen molar-refractivity contribution in [3.05, 3.63) is 57.3 Å². The van der Waals surface area contributed by atoms with Gasteiger partial charge in [0.2, 0.25) is 0 Å². The molecular weight excluding hydrogens is 367 g/mol. The third-order valence-corrected chi connectivity index (χ3v) is 5.10. The van der Waals surface area contributed by atoms with E-state index in [1.165, 1.54) is 17.6 Å². The number of carbonyl (C=O) groups excluding carboxylic acids is 1. The number of furan rings is 1. The lowest BCUT2D eigenvalue weighted by molar-refractivity contribution is 0.0996. The summed E-state index contributed by atoms with van der Waals surface area (Å²) in [7, 11) is 0. The van der Waals surface area contributed by atoms with Crippen molar-refractivity contribution < 1.29 is 9.21 Å². The Bertz CT molecular complexity index is 860. The Labute approximate surface area is 153 Å². The normalized spacial score (nSPS) is 10.8. The molecule has 3 aromatic rings. The number of nitrogens with one attached hydrogen (secondary N) is 1. The molecule has 0 spiro atoms. The van der Waals surface area contributed by atoms with Crippen molar-refractivity contribution in [1.82, 2.24) is 4.98 Å². The summed E-state index contributed by atoms with van der Waals surface area (Å²) in [6.45, 7) is 2.10. The average molecular weight is 381 g/mol. The number of amides is 1. The zero-order valence-electron chi connectivity index (χ0n) is 12.8. The fraction of sp³-hybridized carbons (Fsp3) is 0.176. The van der Waals surface area contributed by atoms with Gasteiger partial charge in [0.05, 0.1) is 22.0 Å². The maximum atomic E-state index is 12.1. The van der Waals surface area contributed by atoms with Gasteiger partial charge in [0.1, 0.15) is 0 Å². The van der Waals surface area contributed by atoms with Crippen molar-refractivity contribution in [2.45, 2.75) is 19.8 Å². The zero-order valence-corrected chi connectivity index (χ0v) is 15.1. The SMILES string of the molecule is CCCc1sc(NC(=O)c2ccco2)nc1-c1ccc(Cl)c(Cl)c1. The third-order valence-electron chi connectivity index (χ3n) is 3.33. The monoisotopic (exact) mass is 380 g/mol. The maximum absolute atomic E-state index is 12.1. The molecule has 2 aromatic heterocycles. The Morgan fingerprint density at radius 2 is 2.12 bits per heavy atom. The summed E-state index contributed by atoms with van der Waals surface area (Å²) in [6.07, 6.45) is 3.30. The van der Waals surface area contributed by atoms with E-state index in [0.717, 1.165) is 29.0 Å². The summed E-state index contributed by atoms with van der Waals surface area (Å²) in [5.41, 5.74) is 1.69. The number of rotatable bonds is 5. The van der Waals surface area contributed by atoms with Crippen LogP contribution >= 0.6 is 34.5 Å². The average Bonchev–Trinajstić information content (AvgIpc) is 3.20. The summed E-state index contributed by atoms with van der Waals surface area (Å²) in [5, 5.41) is 4.28. The Morgan fingerprint density at radius 3 is 2.79 bits per heavy atom. The molecule has 7 heteroatoms. The Balaban J connectivity index is 1.92. The number of benzene rings is 1. The van der Waals surface area contributed by atoms with Crippen molar-refractivity contribution >= 4 is 45.6 Å². The molecule has 1 aromatic carbocycles. The molecule has 0 fully saturated rings. The maximum Gasteiger partial charge on any atom is 0.293 e. The van der Waals surface area contributed by atoms with E-state index in [2.05, 4.69) is 17.2 Å². The van der Waals surface area contributed by atoms with Gasteiger partial charge in [0.25, 0.3) is 5.91 Å². The van der Waals surface area contributed by atoms with Gasteiger partial charge in [-0.25, -0.2) is 4.98 Å². The first-order chi connectivity index (χ1) is 11.6. The van der Waals surface area contributed by atoms with Crippen molar-refractivity contribution in [3.63, 3.8) is 0 Å². The number of hydrogen-bond acceptors (Lipinski definition) is 4. The number of aromatic nitrogens is 1. The van der Waals surface area contributed by atoms with Gasteiger partial charge in [0, 0.05) is 10.4 Å². The van der Waals surface area contributed by atoms with Crippen LogP contribution in [0.25, 0.3) is 11.3 Å². The summed E-state index contributed by atoms with van der Waals surface area (Å²) in [5.74, 6) is -0.0733. The van der Waals surface area contributed by atoms with Crippen LogP contribution in [-0.4, -0.2) is 10.9 Å². The number of hydrogen-bond donors (Lipinski definition) is 1.